The quantitative estimate of drug-likeness (QED) is 0.630. The third-order valence-corrected chi connectivity index (χ3v) is 2.74. The molecule has 1 aliphatic rings. The van der Waals surface area contributed by atoms with Crippen molar-refractivity contribution in [2.24, 2.45) is 0 Å². The SMILES string of the molecule is CCC(CO)NC(=O)NC1CCOC1C. The van der Waals surface area contributed by atoms with Gasteiger partial charge < -0.3 is 20.5 Å². The molecule has 0 aliphatic carbocycles. The highest BCUT2D eigenvalue weighted by Gasteiger charge is 2.25. The zero-order valence-electron chi connectivity index (χ0n) is 9.32. The largest absolute Gasteiger partial charge is 0.394 e. The van der Waals surface area contributed by atoms with Crippen molar-refractivity contribution in [3.8, 4) is 0 Å². The summed E-state index contributed by atoms with van der Waals surface area (Å²) in [5.74, 6) is 0. The summed E-state index contributed by atoms with van der Waals surface area (Å²) in [5.41, 5.74) is 0. The standard InChI is InChI=1S/C10H20N2O3/c1-3-8(6-13)11-10(14)12-9-4-5-15-7(9)2/h7-9,13H,3-6H2,1-2H3,(H2,11,12,14). The minimum absolute atomic E-state index is 0.0271. The summed E-state index contributed by atoms with van der Waals surface area (Å²) in [6.45, 7) is 4.54. The van der Waals surface area contributed by atoms with E-state index in [4.69, 9.17) is 9.84 Å². The Hall–Kier alpha value is -0.810. The molecule has 1 saturated heterocycles. The smallest absolute Gasteiger partial charge is 0.315 e. The van der Waals surface area contributed by atoms with Crippen molar-refractivity contribution in [2.75, 3.05) is 13.2 Å². The predicted molar refractivity (Wildman–Crippen MR) is 56.7 cm³/mol. The molecule has 3 unspecified atom stereocenters. The zero-order chi connectivity index (χ0) is 11.3. The van der Waals surface area contributed by atoms with Gasteiger partial charge in [0.25, 0.3) is 0 Å². The highest BCUT2D eigenvalue weighted by Crippen LogP contribution is 2.12. The van der Waals surface area contributed by atoms with E-state index in [1.165, 1.54) is 0 Å². The van der Waals surface area contributed by atoms with Gasteiger partial charge in [-0.2, -0.15) is 0 Å². The van der Waals surface area contributed by atoms with Crippen LogP contribution >= 0.6 is 0 Å². The molecular formula is C10H20N2O3. The topological polar surface area (TPSA) is 70.6 Å². The van der Waals surface area contributed by atoms with E-state index in [-0.39, 0.29) is 30.8 Å². The van der Waals surface area contributed by atoms with Crippen molar-refractivity contribution >= 4 is 6.03 Å². The number of nitrogens with one attached hydrogen (secondary N) is 2. The monoisotopic (exact) mass is 216 g/mol. The number of urea groups is 1. The van der Waals surface area contributed by atoms with Gasteiger partial charge >= 0.3 is 6.03 Å². The van der Waals surface area contributed by atoms with Gasteiger partial charge in [-0.05, 0) is 19.8 Å². The molecule has 3 atom stereocenters. The summed E-state index contributed by atoms with van der Waals surface area (Å²) in [5, 5.41) is 14.5. The van der Waals surface area contributed by atoms with Crippen LogP contribution in [0.3, 0.4) is 0 Å². The van der Waals surface area contributed by atoms with Gasteiger partial charge in [-0.3, -0.25) is 0 Å². The Morgan fingerprint density at radius 3 is 2.87 bits per heavy atom. The number of rotatable bonds is 4. The minimum Gasteiger partial charge on any atom is -0.394 e. The number of carbonyl (C=O) groups is 1. The van der Waals surface area contributed by atoms with Crippen LogP contribution in [0.2, 0.25) is 0 Å². The second-order valence-electron chi connectivity index (χ2n) is 3.88. The van der Waals surface area contributed by atoms with Crippen LogP contribution in [0, 0.1) is 0 Å². The number of ether oxygens (including phenoxy) is 1. The Morgan fingerprint density at radius 2 is 2.40 bits per heavy atom. The second-order valence-corrected chi connectivity index (χ2v) is 3.88. The molecule has 1 rings (SSSR count). The van der Waals surface area contributed by atoms with Gasteiger partial charge in [-0.1, -0.05) is 6.92 Å². The van der Waals surface area contributed by atoms with Crippen LogP contribution in [0.5, 0.6) is 0 Å². The normalized spacial score (nSPS) is 27.4. The molecule has 0 radical (unpaired) electrons. The van der Waals surface area contributed by atoms with Gasteiger partial charge in [-0.15, -0.1) is 0 Å². The van der Waals surface area contributed by atoms with E-state index in [0.29, 0.717) is 6.61 Å². The minimum atomic E-state index is -0.224. The molecule has 1 heterocycles. The van der Waals surface area contributed by atoms with Crippen molar-refractivity contribution in [1.29, 1.82) is 0 Å². The second kappa shape index (κ2) is 5.92. The van der Waals surface area contributed by atoms with Crippen LogP contribution in [0.4, 0.5) is 4.79 Å². The van der Waals surface area contributed by atoms with Gasteiger partial charge in [0.15, 0.2) is 0 Å². The Kier molecular flexibility index (Phi) is 4.84. The molecule has 5 nitrogen and oxygen atoms in total. The lowest BCUT2D eigenvalue weighted by Gasteiger charge is -2.19. The molecule has 0 aromatic rings. The fraction of sp³-hybridized carbons (Fsp3) is 0.900. The average molecular weight is 216 g/mol. The first-order valence-electron chi connectivity index (χ1n) is 5.46. The molecular weight excluding hydrogens is 196 g/mol. The molecule has 1 aliphatic heterocycles. The predicted octanol–water partition coefficient (Wildman–Crippen LogP) is 0.234. The number of aliphatic hydroxyl groups is 1. The molecule has 0 aromatic heterocycles. The van der Waals surface area contributed by atoms with E-state index < -0.39 is 0 Å². The fourth-order valence-electron chi connectivity index (χ4n) is 1.59. The van der Waals surface area contributed by atoms with Crippen LogP contribution in [0.1, 0.15) is 26.7 Å². The number of carbonyl (C=O) groups excluding carboxylic acids is 1. The Bertz CT molecular complexity index is 207. The number of hydrogen-bond donors (Lipinski definition) is 3. The highest BCUT2D eigenvalue weighted by atomic mass is 16.5. The van der Waals surface area contributed by atoms with E-state index in [2.05, 4.69) is 10.6 Å². The maximum Gasteiger partial charge on any atom is 0.315 e. The van der Waals surface area contributed by atoms with Gasteiger partial charge in [0.2, 0.25) is 0 Å². The molecule has 0 saturated carbocycles. The van der Waals surface area contributed by atoms with Gasteiger partial charge in [0.05, 0.1) is 24.8 Å². The molecule has 1 fully saturated rings. The van der Waals surface area contributed by atoms with E-state index in [0.717, 1.165) is 12.8 Å². The van der Waals surface area contributed by atoms with Crippen molar-refractivity contribution in [1.82, 2.24) is 10.6 Å². The average Bonchev–Trinajstić information content (AvgIpc) is 2.61. The van der Waals surface area contributed by atoms with E-state index in [1.807, 2.05) is 13.8 Å². The van der Waals surface area contributed by atoms with Crippen molar-refractivity contribution in [3.05, 3.63) is 0 Å². The molecule has 3 N–H and O–H groups in total. The Labute approximate surface area is 90.2 Å². The van der Waals surface area contributed by atoms with Gasteiger partial charge in [0, 0.05) is 6.61 Å². The molecule has 5 heteroatoms. The molecule has 0 bridgehead atoms. The number of aliphatic hydroxyl groups excluding tert-OH is 1. The third kappa shape index (κ3) is 3.68. The van der Waals surface area contributed by atoms with Gasteiger partial charge in [-0.25, -0.2) is 4.79 Å². The molecule has 0 aromatic carbocycles. The number of amides is 2. The van der Waals surface area contributed by atoms with Crippen LogP contribution in [0.25, 0.3) is 0 Å². The van der Waals surface area contributed by atoms with Crippen molar-refractivity contribution < 1.29 is 14.6 Å². The molecule has 2 amide bonds. The first kappa shape index (κ1) is 12.3. The van der Waals surface area contributed by atoms with E-state index >= 15 is 0 Å². The fourth-order valence-corrected chi connectivity index (χ4v) is 1.59. The van der Waals surface area contributed by atoms with Crippen molar-refractivity contribution in [3.63, 3.8) is 0 Å². The summed E-state index contributed by atoms with van der Waals surface area (Å²) < 4.78 is 5.33. The molecule has 88 valence electrons. The highest BCUT2D eigenvalue weighted by molar-refractivity contribution is 5.74. The lowest BCUT2D eigenvalue weighted by molar-refractivity contribution is 0.114. The lowest BCUT2D eigenvalue weighted by atomic mass is 10.1. The Balaban J connectivity index is 2.28. The Morgan fingerprint density at radius 1 is 1.67 bits per heavy atom. The summed E-state index contributed by atoms with van der Waals surface area (Å²) in [6.07, 6.45) is 1.65. The first-order valence-corrected chi connectivity index (χ1v) is 5.46. The van der Waals surface area contributed by atoms with E-state index in [9.17, 15) is 4.79 Å². The van der Waals surface area contributed by atoms with Crippen LogP contribution in [-0.4, -0.2) is 42.5 Å². The zero-order valence-corrected chi connectivity index (χ0v) is 9.32. The molecule has 15 heavy (non-hydrogen) atoms. The number of hydrogen-bond acceptors (Lipinski definition) is 3. The summed E-state index contributed by atoms with van der Waals surface area (Å²) in [7, 11) is 0. The van der Waals surface area contributed by atoms with Crippen molar-refractivity contribution in [2.45, 2.75) is 44.9 Å². The lowest BCUT2D eigenvalue weighted by Crippen LogP contribution is -2.49. The van der Waals surface area contributed by atoms with Gasteiger partial charge in [0.1, 0.15) is 0 Å². The summed E-state index contributed by atoms with van der Waals surface area (Å²) >= 11 is 0. The summed E-state index contributed by atoms with van der Waals surface area (Å²) in [4.78, 5) is 11.5. The molecule has 0 spiro atoms. The van der Waals surface area contributed by atoms with Crippen LogP contribution in [0.15, 0.2) is 0 Å². The third-order valence-electron chi connectivity index (χ3n) is 2.74. The summed E-state index contributed by atoms with van der Waals surface area (Å²) in [6, 6.07) is -0.304. The maximum absolute atomic E-state index is 11.5. The first-order chi connectivity index (χ1) is 7.17. The maximum atomic E-state index is 11.5. The van der Waals surface area contributed by atoms with Crippen LogP contribution in [-0.2, 0) is 4.74 Å². The van der Waals surface area contributed by atoms with E-state index in [1.54, 1.807) is 0 Å². The van der Waals surface area contributed by atoms with Crippen LogP contribution < -0.4 is 10.6 Å².